The van der Waals surface area contributed by atoms with Gasteiger partial charge in [0, 0.05) is 10.1 Å². The van der Waals surface area contributed by atoms with Gasteiger partial charge in [-0.2, -0.15) is 0 Å². The van der Waals surface area contributed by atoms with Gasteiger partial charge in [0.05, 0.1) is 0 Å². The van der Waals surface area contributed by atoms with Crippen molar-refractivity contribution in [3.8, 4) is 0 Å². The molecule has 0 aliphatic rings. The summed E-state index contributed by atoms with van der Waals surface area (Å²) in [6.45, 7) is 4.42. The molecular formula is C14H21S. The van der Waals surface area contributed by atoms with Crippen LogP contribution in [0.1, 0.15) is 39.5 Å². The minimum absolute atomic E-state index is 0.761. The molecule has 1 heteroatoms. The summed E-state index contributed by atoms with van der Waals surface area (Å²) in [4.78, 5) is 1.40. The minimum Gasteiger partial charge on any atom is -0.123 e. The van der Waals surface area contributed by atoms with Crippen LogP contribution in [0.3, 0.4) is 0 Å². The Kier molecular flexibility index (Phi) is 6.58. The lowest BCUT2D eigenvalue weighted by atomic mass is 10.1. The van der Waals surface area contributed by atoms with Crippen molar-refractivity contribution in [3.63, 3.8) is 0 Å². The van der Waals surface area contributed by atoms with E-state index in [0.29, 0.717) is 0 Å². The monoisotopic (exact) mass is 221 g/mol. The number of hydrogen-bond donors (Lipinski definition) is 0. The van der Waals surface area contributed by atoms with E-state index in [9.17, 15) is 0 Å². The van der Waals surface area contributed by atoms with Crippen molar-refractivity contribution < 1.29 is 0 Å². The van der Waals surface area contributed by atoms with Gasteiger partial charge >= 0.3 is 0 Å². The lowest BCUT2D eigenvalue weighted by Gasteiger charge is -2.14. The Morgan fingerprint density at radius 1 is 1.27 bits per heavy atom. The quantitative estimate of drug-likeness (QED) is 0.587. The van der Waals surface area contributed by atoms with E-state index in [1.54, 1.807) is 0 Å². The summed E-state index contributed by atoms with van der Waals surface area (Å²) in [5, 5.41) is 0.761. The van der Waals surface area contributed by atoms with Gasteiger partial charge in [-0.05, 0) is 31.4 Å². The van der Waals surface area contributed by atoms with Crippen LogP contribution in [-0.4, -0.2) is 5.25 Å². The highest BCUT2D eigenvalue weighted by molar-refractivity contribution is 8.00. The molecular weight excluding hydrogens is 200 g/mol. The van der Waals surface area contributed by atoms with E-state index in [0.717, 1.165) is 5.25 Å². The molecule has 0 fully saturated rings. The summed E-state index contributed by atoms with van der Waals surface area (Å²) in [6.07, 6.45) is 7.49. The van der Waals surface area contributed by atoms with Crippen molar-refractivity contribution in [2.45, 2.75) is 49.7 Å². The first-order chi connectivity index (χ1) is 7.36. The lowest BCUT2D eigenvalue weighted by molar-refractivity contribution is 0.676. The van der Waals surface area contributed by atoms with E-state index in [1.165, 1.54) is 30.6 Å². The van der Waals surface area contributed by atoms with Crippen LogP contribution >= 0.6 is 11.8 Å². The molecule has 0 saturated heterocycles. The van der Waals surface area contributed by atoms with Gasteiger partial charge in [0.15, 0.2) is 0 Å². The largest absolute Gasteiger partial charge is 0.123 e. The van der Waals surface area contributed by atoms with Crippen LogP contribution in [0, 0.1) is 6.42 Å². The molecule has 0 spiro atoms. The number of thioether (sulfide) groups is 1. The van der Waals surface area contributed by atoms with Gasteiger partial charge in [0.2, 0.25) is 0 Å². The highest BCUT2D eigenvalue weighted by atomic mass is 32.2. The molecule has 0 heterocycles. The Hall–Kier alpha value is -0.430. The zero-order valence-corrected chi connectivity index (χ0v) is 10.6. The SMILES string of the molecule is C[CH]CC(CCCC)Sc1ccccc1. The van der Waals surface area contributed by atoms with E-state index in [2.05, 4.69) is 50.6 Å². The van der Waals surface area contributed by atoms with Crippen molar-refractivity contribution >= 4 is 11.8 Å². The second kappa shape index (κ2) is 7.81. The fourth-order valence-corrected chi connectivity index (χ4v) is 2.88. The van der Waals surface area contributed by atoms with Crippen molar-refractivity contribution in [1.82, 2.24) is 0 Å². The predicted molar refractivity (Wildman–Crippen MR) is 70.2 cm³/mol. The molecule has 83 valence electrons. The van der Waals surface area contributed by atoms with Crippen LogP contribution in [0.5, 0.6) is 0 Å². The van der Waals surface area contributed by atoms with Crippen LogP contribution in [0.25, 0.3) is 0 Å². The van der Waals surface area contributed by atoms with Crippen LogP contribution in [0.2, 0.25) is 0 Å². The fraction of sp³-hybridized carbons (Fsp3) is 0.500. The van der Waals surface area contributed by atoms with Gasteiger partial charge in [-0.1, -0.05) is 44.9 Å². The van der Waals surface area contributed by atoms with E-state index in [1.807, 2.05) is 11.8 Å². The summed E-state index contributed by atoms with van der Waals surface area (Å²) in [7, 11) is 0. The maximum Gasteiger partial charge on any atom is 0.00970 e. The van der Waals surface area contributed by atoms with Gasteiger partial charge in [-0.15, -0.1) is 11.8 Å². The molecule has 0 bridgehead atoms. The normalized spacial score (nSPS) is 12.7. The molecule has 15 heavy (non-hydrogen) atoms. The molecule has 0 aromatic heterocycles. The van der Waals surface area contributed by atoms with Gasteiger partial charge in [0.25, 0.3) is 0 Å². The summed E-state index contributed by atoms with van der Waals surface area (Å²) in [5.41, 5.74) is 0. The summed E-state index contributed by atoms with van der Waals surface area (Å²) in [5.74, 6) is 0. The Morgan fingerprint density at radius 3 is 2.60 bits per heavy atom. The highest BCUT2D eigenvalue weighted by Crippen LogP contribution is 2.29. The zero-order chi connectivity index (χ0) is 10.9. The van der Waals surface area contributed by atoms with Crippen molar-refractivity contribution in [3.05, 3.63) is 36.8 Å². The topological polar surface area (TPSA) is 0 Å². The molecule has 1 atom stereocenters. The van der Waals surface area contributed by atoms with Gasteiger partial charge in [0.1, 0.15) is 0 Å². The second-order valence-corrected chi connectivity index (χ2v) is 5.21. The smallest absolute Gasteiger partial charge is 0.00970 e. The van der Waals surface area contributed by atoms with Crippen molar-refractivity contribution in [2.24, 2.45) is 0 Å². The number of benzene rings is 1. The maximum atomic E-state index is 2.29. The molecule has 0 saturated carbocycles. The molecule has 0 N–H and O–H groups in total. The third-order valence-corrected chi connectivity index (χ3v) is 3.73. The van der Waals surface area contributed by atoms with E-state index >= 15 is 0 Å². The Labute approximate surface area is 98.5 Å². The zero-order valence-electron chi connectivity index (χ0n) is 9.78. The van der Waals surface area contributed by atoms with Crippen LogP contribution in [0.4, 0.5) is 0 Å². The van der Waals surface area contributed by atoms with Crippen LogP contribution in [-0.2, 0) is 0 Å². The first-order valence-electron chi connectivity index (χ1n) is 5.86. The molecule has 0 aliphatic heterocycles. The third-order valence-electron chi connectivity index (χ3n) is 2.42. The number of unbranched alkanes of at least 4 members (excludes halogenated alkanes) is 1. The van der Waals surface area contributed by atoms with E-state index in [-0.39, 0.29) is 0 Å². The average molecular weight is 221 g/mol. The Bertz CT molecular complexity index is 243. The van der Waals surface area contributed by atoms with Crippen molar-refractivity contribution in [2.75, 3.05) is 0 Å². The Morgan fingerprint density at radius 2 is 2.00 bits per heavy atom. The van der Waals surface area contributed by atoms with Gasteiger partial charge in [-0.25, -0.2) is 0 Å². The molecule has 1 aromatic carbocycles. The number of hydrogen-bond acceptors (Lipinski definition) is 1. The van der Waals surface area contributed by atoms with Gasteiger partial charge in [-0.3, -0.25) is 0 Å². The molecule has 1 radical (unpaired) electrons. The Balaban J connectivity index is 2.43. The highest BCUT2D eigenvalue weighted by Gasteiger charge is 2.08. The first-order valence-corrected chi connectivity index (χ1v) is 6.74. The molecule has 0 aliphatic carbocycles. The molecule has 1 aromatic rings. The lowest BCUT2D eigenvalue weighted by Crippen LogP contribution is -2.01. The molecule has 1 unspecified atom stereocenters. The third kappa shape index (κ3) is 5.27. The summed E-state index contributed by atoms with van der Waals surface area (Å²) < 4.78 is 0. The second-order valence-electron chi connectivity index (χ2n) is 3.84. The standard InChI is InChI=1S/C14H21S/c1-3-5-10-13(9-4-2)15-14-11-7-6-8-12-14/h4,6-8,11-13H,3,5,9-10H2,1-2H3. The van der Waals surface area contributed by atoms with Crippen LogP contribution < -0.4 is 0 Å². The minimum atomic E-state index is 0.761. The summed E-state index contributed by atoms with van der Waals surface area (Å²) >= 11 is 2.02. The van der Waals surface area contributed by atoms with E-state index in [4.69, 9.17) is 0 Å². The molecule has 0 amide bonds. The van der Waals surface area contributed by atoms with Crippen molar-refractivity contribution in [1.29, 1.82) is 0 Å². The van der Waals surface area contributed by atoms with Gasteiger partial charge < -0.3 is 0 Å². The average Bonchev–Trinajstić information content (AvgIpc) is 2.28. The summed E-state index contributed by atoms with van der Waals surface area (Å²) in [6, 6.07) is 10.7. The molecule has 1 rings (SSSR count). The fourth-order valence-electron chi connectivity index (χ4n) is 1.61. The predicted octanol–water partition coefficient (Wildman–Crippen LogP) is 4.95. The van der Waals surface area contributed by atoms with E-state index < -0.39 is 0 Å². The maximum absolute atomic E-state index is 2.29. The van der Waals surface area contributed by atoms with Crippen LogP contribution in [0.15, 0.2) is 35.2 Å². The number of rotatable bonds is 7. The first kappa shape index (κ1) is 12.6. The molecule has 0 nitrogen and oxygen atoms in total.